The van der Waals surface area contributed by atoms with Crippen molar-refractivity contribution < 1.29 is 0 Å². The van der Waals surface area contributed by atoms with Crippen LogP contribution >= 0.6 is 11.3 Å². The maximum atomic E-state index is 4.13. The van der Waals surface area contributed by atoms with E-state index in [1.165, 1.54) is 11.1 Å². The van der Waals surface area contributed by atoms with Gasteiger partial charge >= 0.3 is 0 Å². The predicted octanol–water partition coefficient (Wildman–Crippen LogP) is 3.98. The lowest BCUT2D eigenvalue weighted by molar-refractivity contribution is 0.585. The smallest absolute Gasteiger partial charge is 0.0208 e. The minimum absolute atomic E-state index is 0.472. The van der Waals surface area contributed by atoms with Gasteiger partial charge in [-0.2, -0.15) is 11.3 Å². The van der Waals surface area contributed by atoms with Crippen molar-refractivity contribution in [1.82, 2.24) is 5.32 Å². The van der Waals surface area contributed by atoms with Crippen molar-refractivity contribution in [2.75, 3.05) is 6.54 Å². The number of rotatable bonds is 6. The molecule has 0 aliphatic heterocycles. The van der Waals surface area contributed by atoms with Crippen LogP contribution < -0.4 is 5.32 Å². The molecule has 0 radical (unpaired) electrons. The summed E-state index contributed by atoms with van der Waals surface area (Å²) in [4.78, 5) is 0. The Balaban J connectivity index is 1.79. The molecule has 0 bridgehead atoms. The Morgan fingerprint density at radius 2 is 2.06 bits per heavy atom. The van der Waals surface area contributed by atoms with Crippen LogP contribution in [0.1, 0.15) is 18.1 Å². The van der Waals surface area contributed by atoms with Gasteiger partial charge in [0.25, 0.3) is 0 Å². The Bertz CT molecular complexity index is 473. The molecule has 2 aromatic rings. The normalized spacial score (nSPS) is 12.3. The average Bonchev–Trinajstić information content (AvgIpc) is 2.90. The topological polar surface area (TPSA) is 12.0 Å². The van der Waals surface area contributed by atoms with Crippen LogP contribution in [0.25, 0.3) is 5.57 Å². The van der Waals surface area contributed by atoms with Gasteiger partial charge in [-0.3, -0.25) is 0 Å². The van der Waals surface area contributed by atoms with E-state index in [1.54, 1.807) is 11.3 Å². The van der Waals surface area contributed by atoms with Gasteiger partial charge in [-0.1, -0.05) is 36.9 Å². The Hall–Kier alpha value is -1.38. The highest BCUT2D eigenvalue weighted by Crippen LogP contribution is 2.12. The zero-order valence-corrected chi connectivity index (χ0v) is 11.5. The van der Waals surface area contributed by atoms with Gasteiger partial charge in [-0.05, 0) is 46.9 Å². The molecule has 1 nitrogen and oxygen atoms in total. The van der Waals surface area contributed by atoms with E-state index in [9.17, 15) is 0 Å². The molecule has 1 atom stereocenters. The van der Waals surface area contributed by atoms with Crippen molar-refractivity contribution in [1.29, 1.82) is 0 Å². The lowest BCUT2D eigenvalue weighted by Gasteiger charge is -2.14. The average molecular weight is 257 g/mol. The van der Waals surface area contributed by atoms with E-state index >= 15 is 0 Å². The van der Waals surface area contributed by atoms with Gasteiger partial charge in [0, 0.05) is 12.6 Å². The van der Waals surface area contributed by atoms with Gasteiger partial charge in [0.2, 0.25) is 0 Å². The van der Waals surface area contributed by atoms with E-state index in [0.717, 1.165) is 18.5 Å². The van der Waals surface area contributed by atoms with Crippen LogP contribution in [-0.2, 0) is 6.42 Å². The molecule has 2 heteroatoms. The van der Waals surface area contributed by atoms with Crippen molar-refractivity contribution in [3.63, 3.8) is 0 Å². The molecule has 0 aliphatic carbocycles. The monoisotopic (exact) mass is 257 g/mol. The molecular formula is C16H19NS. The maximum absolute atomic E-state index is 4.13. The zero-order chi connectivity index (χ0) is 12.8. The number of benzene rings is 1. The quantitative estimate of drug-likeness (QED) is 0.825. The van der Waals surface area contributed by atoms with Crippen LogP contribution in [-0.4, -0.2) is 12.6 Å². The second kappa shape index (κ2) is 6.53. The molecule has 0 fully saturated rings. The predicted molar refractivity (Wildman–Crippen MR) is 81.0 cm³/mol. The van der Waals surface area contributed by atoms with Gasteiger partial charge in [0.15, 0.2) is 0 Å². The number of hydrogen-bond donors (Lipinski definition) is 1. The molecule has 0 amide bonds. The summed E-state index contributed by atoms with van der Waals surface area (Å²) in [5.74, 6) is 0. The molecule has 0 saturated heterocycles. The van der Waals surface area contributed by atoms with Gasteiger partial charge in [0.05, 0.1) is 0 Å². The van der Waals surface area contributed by atoms with E-state index in [4.69, 9.17) is 0 Å². The van der Waals surface area contributed by atoms with Crippen LogP contribution in [0.2, 0.25) is 0 Å². The molecule has 1 aromatic heterocycles. The SMILES string of the molecule is C=C(CNC(C)Cc1ccsc1)c1ccccc1. The molecule has 1 N–H and O–H groups in total. The third-order valence-electron chi connectivity index (χ3n) is 2.97. The van der Waals surface area contributed by atoms with Gasteiger partial charge < -0.3 is 5.32 Å². The van der Waals surface area contributed by atoms with Gasteiger partial charge in [-0.15, -0.1) is 0 Å². The fourth-order valence-electron chi connectivity index (χ4n) is 1.91. The largest absolute Gasteiger partial charge is 0.310 e. The first-order valence-electron chi connectivity index (χ1n) is 6.23. The Morgan fingerprint density at radius 3 is 2.72 bits per heavy atom. The van der Waals surface area contributed by atoms with E-state index in [2.05, 4.69) is 59.9 Å². The van der Waals surface area contributed by atoms with Gasteiger partial charge in [0.1, 0.15) is 0 Å². The highest BCUT2D eigenvalue weighted by Gasteiger charge is 2.04. The van der Waals surface area contributed by atoms with Crippen molar-refractivity contribution >= 4 is 16.9 Å². The highest BCUT2D eigenvalue weighted by molar-refractivity contribution is 7.07. The summed E-state index contributed by atoms with van der Waals surface area (Å²) in [7, 11) is 0. The maximum Gasteiger partial charge on any atom is 0.0208 e. The molecule has 0 saturated carbocycles. The van der Waals surface area contributed by atoms with Crippen LogP contribution in [0.5, 0.6) is 0 Å². The number of thiophene rings is 1. The molecule has 0 spiro atoms. The summed E-state index contributed by atoms with van der Waals surface area (Å²) in [6.07, 6.45) is 1.07. The lowest BCUT2D eigenvalue weighted by Crippen LogP contribution is -2.29. The minimum Gasteiger partial charge on any atom is -0.310 e. The van der Waals surface area contributed by atoms with Crippen molar-refractivity contribution in [3.8, 4) is 0 Å². The van der Waals surface area contributed by atoms with Crippen molar-refractivity contribution in [3.05, 3.63) is 64.9 Å². The van der Waals surface area contributed by atoms with Crippen LogP contribution in [0.3, 0.4) is 0 Å². The van der Waals surface area contributed by atoms with Crippen molar-refractivity contribution in [2.24, 2.45) is 0 Å². The third-order valence-corrected chi connectivity index (χ3v) is 3.70. The fourth-order valence-corrected chi connectivity index (χ4v) is 2.59. The van der Waals surface area contributed by atoms with E-state index in [0.29, 0.717) is 6.04 Å². The minimum atomic E-state index is 0.472. The summed E-state index contributed by atoms with van der Waals surface area (Å²) in [5, 5.41) is 7.87. The summed E-state index contributed by atoms with van der Waals surface area (Å²) < 4.78 is 0. The zero-order valence-electron chi connectivity index (χ0n) is 10.7. The summed E-state index contributed by atoms with van der Waals surface area (Å²) in [6, 6.07) is 13.0. The first-order chi connectivity index (χ1) is 8.75. The molecule has 18 heavy (non-hydrogen) atoms. The van der Waals surface area contributed by atoms with Gasteiger partial charge in [-0.25, -0.2) is 0 Å². The van der Waals surface area contributed by atoms with E-state index in [1.807, 2.05) is 6.07 Å². The van der Waals surface area contributed by atoms with Crippen LogP contribution in [0.15, 0.2) is 53.7 Å². The lowest BCUT2D eigenvalue weighted by atomic mass is 10.1. The summed E-state index contributed by atoms with van der Waals surface area (Å²) in [5.41, 5.74) is 3.77. The first-order valence-corrected chi connectivity index (χ1v) is 7.17. The second-order valence-electron chi connectivity index (χ2n) is 4.59. The summed E-state index contributed by atoms with van der Waals surface area (Å²) >= 11 is 1.76. The molecule has 1 unspecified atom stereocenters. The Morgan fingerprint density at radius 1 is 1.28 bits per heavy atom. The second-order valence-corrected chi connectivity index (χ2v) is 5.37. The molecule has 2 rings (SSSR count). The molecule has 1 aromatic carbocycles. The molecule has 94 valence electrons. The van der Waals surface area contributed by atoms with Crippen LogP contribution in [0, 0.1) is 0 Å². The molecule has 1 heterocycles. The Labute approximate surface area is 113 Å². The molecular weight excluding hydrogens is 238 g/mol. The van der Waals surface area contributed by atoms with Crippen LogP contribution in [0.4, 0.5) is 0 Å². The summed E-state index contributed by atoms with van der Waals surface area (Å²) in [6.45, 7) is 7.19. The van der Waals surface area contributed by atoms with Crippen molar-refractivity contribution in [2.45, 2.75) is 19.4 Å². The Kier molecular flexibility index (Phi) is 4.73. The molecule has 0 aliphatic rings. The standard InChI is InChI=1S/C16H19NS/c1-13(16-6-4-3-5-7-16)11-17-14(2)10-15-8-9-18-12-15/h3-9,12,14,17H,1,10-11H2,2H3. The van der Waals surface area contributed by atoms with E-state index in [-0.39, 0.29) is 0 Å². The van der Waals surface area contributed by atoms with E-state index < -0.39 is 0 Å². The fraction of sp³-hybridized carbons (Fsp3) is 0.250. The number of hydrogen-bond acceptors (Lipinski definition) is 2. The highest BCUT2D eigenvalue weighted by atomic mass is 32.1. The number of nitrogens with one attached hydrogen (secondary N) is 1. The first kappa shape index (κ1) is 13.1. The third kappa shape index (κ3) is 3.83.